The Kier molecular flexibility index (Phi) is 4.96. The summed E-state index contributed by atoms with van der Waals surface area (Å²) in [6, 6.07) is 22.9. The van der Waals surface area contributed by atoms with Gasteiger partial charge in [-0.15, -0.1) is 0 Å². The topological polar surface area (TPSA) is 63.8 Å². The molecule has 0 saturated carbocycles. The first-order valence-electron chi connectivity index (χ1n) is 11.2. The van der Waals surface area contributed by atoms with E-state index < -0.39 is 0 Å². The number of nitrogens with zero attached hydrogens (tertiary/aromatic N) is 2. The number of aromatic hydroxyl groups is 1. The summed E-state index contributed by atoms with van der Waals surface area (Å²) in [5.74, 6) is 0.920. The number of methoxy groups -OCH3 is 1. The third-order valence-corrected chi connectivity index (χ3v) is 7.46. The van der Waals surface area contributed by atoms with Crippen molar-refractivity contribution in [3.05, 3.63) is 120 Å². The van der Waals surface area contributed by atoms with Crippen LogP contribution < -0.4 is 19.6 Å². The van der Waals surface area contributed by atoms with Crippen LogP contribution in [0.15, 0.2) is 88.2 Å². The molecule has 1 unspecified atom stereocenters. The number of ether oxygens (including phenoxy) is 1. The fourth-order valence-electron chi connectivity index (χ4n) is 4.96. The van der Waals surface area contributed by atoms with Crippen molar-refractivity contribution >= 4 is 23.1 Å². The number of aromatic nitrogens is 1. The molecule has 0 spiro atoms. The summed E-state index contributed by atoms with van der Waals surface area (Å²) >= 11 is 1.38. The Morgan fingerprint density at radius 1 is 1.06 bits per heavy atom. The largest absolute Gasteiger partial charge is 0.508 e. The van der Waals surface area contributed by atoms with Gasteiger partial charge in [0, 0.05) is 11.1 Å². The fraction of sp³-hybridized carbons (Fsp3) is 0.143. The second kappa shape index (κ2) is 8.15. The molecule has 3 aromatic carbocycles. The van der Waals surface area contributed by atoms with Gasteiger partial charge in [-0.25, -0.2) is 4.99 Å². The molecule has 1 aromatic heterocycles. The zero-order valence-corrected chi connectivity index (χ0v) is 19.4. The fourth-order valence-corrected chi connectivity index (χ4v) is 5.96. The van der Waals surface area contributed by atoms with Crippen molar-refractivity contribution < 1.29 is 9.84 Å². The Labute approximate surface area is 200 Å². The van der Waals surface area contributed by atoms with Gasteiger partial charge in [0.2, 0.25) is 0 Å². The number of allylic oxidation sites excluding steroid dienone is 1. The maximum absolute atomic E-state index is 13.8. The van der Waals surface area contributed by atoms with Crippen LogP contribution in [0.2, 0.25) is 0 Å². The molecule has 0 radical (unpaired) electrons. The molecule has 168 valence electrons. The molecule has 1 aliphatic carbocycles. The molecule has 0 saturated heterocycles. The minimum Gasteiger partial charge on any atom is -0.508 e. The van der Waals surface area contributed by atoms with E-state index >= 15 is 0 Å². The van der Waals surface area contributed by atoms with Crippen LogP contribution in [-0.2, 0) is 6.42 Å². The minimum absolute atomic E-state index is 0.0894. The van der Waals surface area contributed by atoms with Crippen molar-refractivity contribution in [1.82, 2.24) is 4.57 Å². The van der Waals surface area contributed by atoms with Gasteiger partial charge in [-0.05, 0) is 53.8 Å². The number of phenols is 1. The molecule has 1 N–H and O–H groups in total. The summed E-state index contributed by atoms with van der Waals surface area (Å²) in [5, 5.41) is 9.87. The van der Waals surface area contributed by atoms with Gasteiger partial charge in [-0.3, -0.25) is 9.36 Å². The number of fused-ring (bicyclic) bond motifs is 3. The average Bonchev–Trinajstić information content (AvgIpc) is 3.17. The van der Waals surface area contributed by atoms with Gasteiger partial charge in [0.15, 0.2) is 4.80 Å². The van der Waals surface area contributed by atoms with Crippen molar-refractivity contribution in [3.63, 3.8) is 0 Å². The lowest BCUT2D eigenvalue weighted by Gasteiger charge is -2.31. The first kappa shape index (κ1) is 20.7. The monoisotopic (exact) mass is 466 g/mol. The smallest absolute Gasteiger partial charge is 0.271 e. The van der Waals surface area contributed by atoms with Crippen LogP contribution in [-0.4, -0.2) is 16.8 Å². The number of rotatable bonds is 3. The van der Waals surface area contributed by atoms with Gasteiger partial charge in [0.05, 0.1) is 23.4 Å². The molecular formula is C28H22N2O3S. The number of aryl methyl sites for hydroxylation is 1. The molecule has 1 aliphatic heterocycles. The van der Waals surface area contributed by atoms with E-state index in [0.29, 0.717) is 9.33 Å². The maximum atomic E-state index is 13.8. The van der Waals surface area contributed by atoms with E-state index in [1.54, 1.807) is 25.3 Å². The predicted octanol–water partition coefficient (Wildman–Crippen LogP) is 4.03. The Bertz CT molecular complexity index is 1640. The standard InChI is InChI=1S/C28H22N2O3S/c1-33-23-12-5-4-11-21(23)26-22-14-13-18-8-2-3-10-20(18)25(22)29-28-30(26)27(32)24(34-28)16-17-7-6-9-19(31)15-17/h2-12,15-16,26,31H,13-14H2,1H3. The first-order valence-corrected chi connectivity index (χ1v) is 12.0. The van der Waals surface area contributed by atoms with E-state index in [1.165, 1.54) is 16.9 Å². The van der Waals surface area contributed by atoms with E-state index in [-0.39, 0.29) is 17.4 Å². The van der Waals surface area contributed by atoms with Gasteiger partial charge in [0.1, 0.15) is 11.5 Å². The Balaban J connectivity index is 1.65. The zero-order chi connectivity index (χ0) is 23.2. The van der Waals surface area contributed by atoms with E-state index in [9.17, 15) is 9.90 Å². The van der Waals surface area contributed by atoms with Crippen LogP contribution in [0.5, 0.6) is 11.5 Å². The van der Waals surface area contributed by atoms with Crippen LogP contribution >= 0.6 is 11.3 Å². The molecule has 6 rings (SSSR count). The van der Waals surface area contributed by atoms with Crippen molar-refractivity contribution in [3.8, 4) is 11.5 Å². The van der Waals surface area contributed by atoms with Crippen molar-refractivity contribution in [2.75, 3.05) is 7.11 Å². The highest BCUT2D eigenvalue weighted by atomic mass is 32.1. The van der Waals surface area contributed by atoms with Crippen LogP contribution in [0, 0.1) is 0 Å². The molecular weight excluding hydrogens is 444 g/mol. The Morgan fingerprint density at radius 3 is 2.74 bits per heavy atom. The number of hydrogen-bond acceptors (Lipinski definition) is 5. The molecule has 6 heteroatoms. The summed E-state index contributed by atoms with van der Waals surface area (Å²) in [6.45, 7) is 0. The van der Waals surface area contributed by atoms with Gasteiger partial charge in [0.25, 0.3) is 5.56 Å². The van der Waals surface area contributed by atoms with Crippen molar-refractivity contribution in [2.24, 2.45) is 4.99 Å². The molecule has 5 nitrogen and oxygen atoms in total. The molecule has 1 atom stereocenters. The predicted molar refractivity (Wildman–Crippen MR) is 134 cm³/mol. The van der Waals surface area contributed by atoms with Gasteiger partial charge in [-0.2, -0.15) is 0 Å². The minimum atomic E-state index is -0.290. The highest BCUT2D eigenvalue weighted by Gasteiger charge is 2.33. The highest BCUT2D eigenvalue weighted by molar-refractivity contribution is 7.07. The van der Waals surface area contributed by atoms with Crippen molar-refractivity contribution in [2.45, 2.75) is 18.9 Å². The van der Waals surface area contributed by atoms with E-state index in [1.807, 2.05) is 47.0 Å². The molecule has 0 fully saturated rings. The summed E-state index contributed by atoms with van der Waals surface area (Å²) < 4.78 is 8.11. The van der Waals surface area contributed by atoms with Crippen LogP contribution in [0.3, 0.4) is 0 Å². The number of hydrogen-bond donors (Lipinski definition) is 1. The molecule has 0 amide bonds. The second-order valence-corrected chi connectivity index (χ2v) is 9.46. The third kappa shape index (κ3) is 3.30. The number of para-hydroxylation sites is 1. The quantitative estimate of drug-likeness (QED) is 0.496. The van der Waals surface area contributed by atoms with Crippen molar-refractivity contribution in [1.29, 1.82) is 0 Å². The normalized spacial score (nSPS) is 17.0. The lowest BCUT2D eigenvalue weighted by Crippen LogP contribution is -2.38. The average molecular weight is 467 g/mol. The molecule has 34 heavy (non-hydrogen) atoms. The lowest BCUT2D eigenvalue weighted by atomic mass is 9.83. The Hall–Kier alpha value is -3.90. The van der Waals surface area contributed by atoms with Crippen LogP contribution in [0.25, 0.3) is 11.8 Å². The van der Waals surface area contributed by atoms with E-state index in [2.05, 4.69) is 18.2 Å². The Morgan fingerprint density at radius 2 is 1.88 bits per heavy atom. The molecule has 2 aliphatic rings. The summed E-state index contributed by atoms with van der Waals surface area (Å²) in [7, 11) is 1.66. The third-order valence-electron chi connectivity index (χ3n) is 6.47. The first-order chi connectivity index (χ1) is 16.6. The second-order valence-electron chi connectivity index (χ2n) is 8.45. The summed E-state index contributed by atoms with van der Waals surface area (Å²) in [5.41, 5.74) is 6.15. The molecule has 2 heterocycles. The highest BCUT2D eigenvalue weighted by Crippen LogP contribution is 2.43. The number of phenolic OH excluding ortho intramolecular Hbond substituents is 1. The maximum Gasteiger partial charge on any atom is 0.271 e. The number of benzene rings is 3. The number of thiazole rings is 1. The lowest BCUT2D eigenvalue weighted by molar-refractivity contribution is 0.402. The zero-order valence-electron chi connectivity index (χ0n) is 18.6. The van der Waals surface area contributed by atoms with E-state index in [0.717, 1.165) is 46.6 Å². The molecule has 0 bridgehead atoms. The molecule has 4 aromatic rings. The summed E-state index contributed by atoms with van der Waals surface area (Å²) in [6.07, 6.45) is 3.55. The van der Waals surface area contributed by atoms with Gasteiger partial charge in [-0.1, -0.05) is 65.9 Å². The van der Waals surface area contributed by atoms with Crippen LogP contribution in [0.4, 0.5) is 0 Å². The van der Waals surface area contributed by atoms with Gasteiger partial charge >= 0.3 is 0 Å². The van der Waals surface area contributed by atoms with Gasteiger partial charge < -0.3 is 9.84 Å². The van der Waals surface area contributed by atoms with E-state index in [4.69, 9.17) is 9.73 Å². The SMILES string of the molecule is COc1ccccc1C1C2=C(N=c3sc(=Cc4cccc(O)c4)c(=O)n31)c1ccccc1CC2. The summed E-state index contributed by atoms with van der Waals surface area (Å²) in [4.78, 5) is 19.5. The van der Waals surface area contributed by atoms with Crippen LogP contribution in [0.1, 0.15) is 34.7 Å².